The van der Waals surface area contributed by atoms with Gasteiger partial charge in [0, 0.05) is 25.6 Å². The van der Waals surface area contributed by atoms with Crippen LogP contribution in [0, 0.1) is 6.92 Å². The van der Waals surface area contributed by atoms with Crippen LogP contribution in [0.4, 0.5) is 0 Å². The molecule has 6 nitrogen and oxygen atoms in total. The minimum absolute atomic E-state index is 0.362. The average Bonchev–Trinajstić information content (AvgIpc) is 3.04. The number of ether oxygens (including phenoxy) is 1. The third-order valence-corrected chi connectivity index (χ3v) is 3.25. The Morgan fingerprint density at radius 2 is 2.05 bits per heavy atom. The SMILES string of the molecule is Cc1nc(-c2ccc(OCc3cc(Cl)n(C)n3)cc2)no1. The lowest BCUT2D eigenvalue weighted by molar-refractivity contribution is 0.300. The van der Waals surface area contributed by atoms with Crippen LogP contribution in [0.3, 0.4) is 0 Å². The first kappa shape index (κ1) is 13.6. The van der Waals surface area contributed by atoms with Crippen molar-refractivity contribution >= 4 is 11.6 Å². The Morgan fingerprint density at radius 1 is 1.29 bits per heavy atom. The number of halogens is 1. The molecule has 7 heteroatoms. The van der Waals surface area contributed by atoms with E-state index in [9.17, 15) is 0 Å². The summed E-state index contributed by atoms with van der Waals surface area (Å²) in [5, 5.41) is 8.67. The Balaban J connectivity index is 1.67. The molecule has 21 heavy (non-hydrogen) atoms. The van der Waals surface area contributed by atoms with Gasteiger partial charge in [-0.2, -0.15) is 10.1 Å². The van der Waals surface area contributed by atoms with E-state index in [0.29, 0.717) is 23.5 Å². The quantitative estimate of drug-likeness (QED) is 0.741. The predicted molar refractivity (Wildman–Crippen MR) is 77.0 cm³/mol. The zero-order valence-electron chi connectivity index (χ0n) is 11.6. The summed E-state index contributed by atoms with van der Waals surface area (Å²) in [6, 6.07) is 9.24. The van der Waals surface area contributed by atoms with Crippen molar-refractivity contribution < 1.29 is 9.26 Å². The first-order chi connectivity index (χ1) is 10.1. The van der Waals surface area contributed by atoms with Crippen molar-refractivity contribution in [1.29, 1.82) is 0 Å². The number of aromatic nitrogens is 4. The maximum absolute atomic E-state index is 5.92. The summed E-state index contributed by atoms with van der Waals surface area (Å²) in [6.07, 6.45) is 0. The lowest BCUT2D eigenvalue weighted by Gasteiger charge is -2.04. The molecule has 1 aromatic carbocycles. The van der Waals surface area contributed by atoms with E-state index < -0.39 is 0 Å². The molecule has 0 aliphatic rings. The standard InChI is InChI=1S/C14H13ClN4O2/c1-9-16-14(18-21-9)10-3-5-12(6-4-10)20-8-11-7-13(15)19(2)17-11/h3-7H,8H2,1-2H3. The van der Waals surface area contributed by atoms with Gasteiger partial charge in [0.05, 0.1) is 0 Å². The molecule has 0 aliphatic carbocycles. The van der Waals surface area contributed by atoms with E-state index in [0.717, 1.165) is 17.0 Å². The van der Waals surface area contributed by atoms with Gasteiger partial charge < -0.3 is 9.26 Å². The van der Waals surface area contributed by atoms with E-state index in [1.165, 1.54) is 0 Å². The van der Waals surface area contributed by atoms with Gasteiger partial charge in [0.15, 0.2) is 0 Å². The van der Waals surface area contributed by atoms with Gasteiger partial charge in [-0.15, -0.1) is 0 Å². The number of hydrogen-bond acceptors (Lipinski definition) is 5. The molecule has 0 saturated heterocycles. The van der Waals surface area contributed by atoms with E-state index >= 15 is 0 Å². The number of benzene rings is 1. The number of nitrogens with zero attached hydrogens (tertiary/aromatic N) is 4. The largest absolute Gasteiger partial charge is 0.487 e. The normalized spacial score (nSPS) is 10.8. The summed E-state index contributed by atoms with van der Waals surface area (Å²) in [6.45, 7) is 2.12. The Labute approximate surface area is 126 Å². The molecular weight excluding hydrogens is 292 g/mol. The van der Waals surface area contributed by atoms with Crippen molar-refractivity contribution in [2.24, 2.45) is 7.05 Å². The summed E-state index contributed by atoms with van der Waals surface area (Å²) >= 11 is 5.92. The van der Waals surface area contributed by atoms with E-state index in [-0.39, 0.29) is 0 Å². The topological polar surface area (TPSA) is 66.0 Å². The van der Waals surface area contributed by atoms with Gasteiger partial charge in [-0.05, 0) is 24.3 Å². The summed E-state index contributed by atoms with van der Waals surface area (Å²) in [7, 11) is 1.79. The maximum atomic E-state index is 5.92. The van der Waals surface area contributed by atoms with Crippen LogP contribution in [-0.2, 0) is 13.7 Å². The fraction of sp³-hybridized carbons (Fsp3) is 0.214. The van der Waals surface area contributed by atoms with E-state index in [4.69, 9.17) is 20.9 Å². The zero-order valence-corrected chi connectivity index (χ0v) is 12.3. The first-order valence-electron chi connectivity index (χ1n) is 6.34. The lowest BCUT2D eigenvalue weighted by atomic mass is 10.2. The summed E-state index contributed by atoms with van der Waals surface area (Å²) in [5.74, 6) is 1.84. The van der Waals surface area contributed by atoms with Crippen LogP contribution in [0.25, 0.3) is 11.4 Å². The van der Waals surface area contributed by atoms with Gasteiger partial charge in [0.1, 0.15) is 23.2 Å². The van der Waals surface area contributed by atoms with Gasteiger partial charge in [-0.3, -0.25) is 4.68 Å². The van der Waals surface area contributed by atoms with Crippen LogP contribution in [0.1, 0.15) is 11.6 Å². The van der Waals surface area contributed by atoms with Gasteiger partial charge in [0.25, 0.3) is 0 Å². The molecule has 0 fully saturated rings. The molecule has 3 aromatic rings. The van der Waals surface area contributed by atoms with Crippen molar-refractivity contribution in [3.63, 3.8) is 0 Å². The van der Waals surface area contributed by atoms with Crippen molar-refractivity contribution in [3.8, 4) is 17.1 Å². The summed E-state index contributed by atoms with van der Waals surface area (Å²) < 4.78 is 12.2. The van der Waals surface area contributed by atoms with Crippen LogP contribution in [0.15, 0.2) is 34.9 Å². The Bertz CT molecular complexity index is 729. The molecule has 0 unspecified atom stereocenters. The molecule has 0 aliphatic heterocycles. The molecule has 108 valence electrons. The molecule has 0 saturated carbocycles. The summed E-state index contributed by atoms with van der Waals surface area (Å²) in [4.78, 5) is 4.17. The highest BCUT2D eigenvalue weighted by molar-refractivity contribution is 6.29. The van der Waals surface area contributed by atoms with Crippen molar-refractivity contribution in [2.75, 3.05) is 0 Å². The van der Waals surface area contributed by atoms with Gasteiger partial charge in [0.2, 0.25) is 11.7 Å². The fourth-order valence-corrected chi connectivity index (χ4v) is 2.01. The van der Waals surface area contributed by atoms with Crippen molar-refractivity contribution in [2.45, 2.75) is 13.5 Å². The number of hydrogen-bond donors (Lipinski definition) is 0. The highest BCUT2D eigenvalue weighted by atomic mass is 35.5. The van der Waals surface area contributed by atoms with Crippen LogP contribution in [-0.4, -0.2) is 19.9 Å². The lowest BCUT2D eigenvalue weighted by Crippen LogP contribution is -1.98. The maximum Gasteiger partial charge on any atom is 0.223 e. The van der Waals surface area contributed by atoms with Crippen LogP contribution in [0.5, 0.6) is 5.75 Å². The molecule has 0 atom stereocenters. The highest BCUT2D eigenvalue weighted by Gasteiger charge is 2.07. The fourth-order valence-electron chi connectivity index (χ4n) is 1.84. The average molecular weight is 305 g/mol. The third kappa shape index (κ3) is 3.05. The highest BCUT2D eigenvalue weighted by Crippen LogP contribution is 2.20. The Hall–Kier alpha value is -2.34. The second-order valence-corrected chi connectivity index (χ2v) is 4.92. The zero-order chi connectivity index (χ0) is 14.8. The molecule has 0 radical (unpaired) electrons. The van der Waals surface area contributed by atoms with Crippen LogP contribution in [0.2, 0.25) is 5.15 Å². The van der Waals surface area contributed by atoms with Crippen LogP contribution < -0.4 is 4.74 Å². The van der Waals surface area contributed by atoms with E-state index in [1.807, 2.05) is 24.3 Å². The molecule has 0 bridgehead atoms. The van der Waals surface area contributed by atoms with Gasteiger partial charge >= 0.3 is 0 Å². The smallest absolute Gasteiger partial charge is 0.223 e. The molecule has 3 rings (SSSR count). The minimum atomic E-state index is 0.362. The van der Waals surface area contributed by atoms with Gasteiger partial charge in [-0.1, -0.05) is 16.8 Å². The second kappa shape index (κ2) is 5.57. The molecule has 2 heterocycles. The van der Waals surface area contributed by atoms with E-state index in [2.05, 4.69) is 15.2 Å². The van der Waals surface area contributed by atoms with Crippen molar-refractivity contribution in [1.82, 2.24) is 19.9 Å². The molecular formula is C14H13ClN4O2. The predicted octanol–water partition coefficient (Wildman–Crippen LogP) is 3.01. The minimum Gasteiger partial charge on any atom is -0.487 e. The Kier molecular flexibility index (Phi) is 3.62. The molecule has 0 N–H and O–H groups in total. The number of rotatable bonds is 4. The second-order valence-electron chi connectivity index (χ2n) is 4.53. The number of aryl methyl sites for hydroxylation is 2. The molecule has 0 amide bonds. The Morgan fingerprint density at radius 3 is 2.62 bits per heavy atom. The molecule has 2 aromatic heterocycles. The summed E-state index contributed by atoms with van der Waals surface area (Å²) in [5.41, 5.74) is 1.65. The monoisotopic (exact) mass is 304 g/mol. The third-order valence-electron chi connectivity index (χ3n) is 2.90. The van der Waals surface area contributed by atoms with E-state index in [1.54, 1.807) is 24.7 Å². The first-order valence-corrected chi connectivity index (χ1v) is 6.71. The van der Waals surface area contributed by atoms with Crippen molar-refractivity contribution in [3.05, 3.63) is 47.1 Å². The van der Waals surface area contributed by atoms with Gasteiger partial charge in [-0.25, -0.2) is 0 Å². The van der Waals surface area contributed by atoms with Crippen LogP contribution >= 0.6 is 11.6 Å². The molecule has 0 spiro atoms.